The van der Waals surface area contributed by atoms with Crippen LogP contribution in [0.3, 0.4) is 0 Å². The Hall–Kier alpha value is -2.32. The van der Waals surface area contributed by atoms with Crippen molar-refractivity contribution in [2.45, 2.75) is 6.04 Å². The summed E-state index contributed by atoms with van der Waals surface area (Å²) in [6, 6.07) is 7.36. The Labute approximate surface area is 132 Å². The average molecular weight is 330 g/mol. The van der Waals surface area contributed by atoms with Gasteiger partial charge in [-0.1, -0.05) is 18.2 Å². The number of carbonyl (C=O) groups excluding carboxylic acids is 1. The largest absolute Gasteiger partial charge is 0.481 e. The minimum absolute atomic E-state index is 0. The summed E-state index contributed by atoms with van der Waals surface area (Å²) < 4.78 is 0. The van der Waals surface area contributed by atoms with Crippen molar-refractivity contribution >= 4 is 35.9 Å². The first-order valence-corrected chi connectivity index (χ1v) is 6.25. The van der Waals surface area contributed by atoms with Crippen molar-refractivity contribution in [1.29, 1.82) is 0 Å². The number of carboxylic acid groups (broad SMARTS) is 2. The molecule has 1 fully saturated rings. The van der Waals surface area contributed by atoms with Gasteiger partial charge in [0.1, 0.15) is 6.04 Å². The second-order valence-corrected chi connectivity index (χ2v) is 4.81. The van der Waals surface area contributed by atoms with E-state index in [1.165, 1.54) is 0 Å². The van der Waals surface area contributed by atoms with Crippen molar-refractivity contribution < 1.29 is 24.6 Å². The van der Waals surface area contributed by atoms with Crippen molar-refractivity contribution in [2.75, 3.05) is 5.43 Å². The lowest BCUT2D eigenvalue weighted by Gasteiger charge is -2.08. The Morgan fingerprint density at radius 3 is 2.18 bits per heavy atom. The second-order valence-electron chi connectivity index (χ2n) is 4.81. The summed E-state index contributed by atoms with van der Waals surface area (Å²) in [6.45, 7) is 0. The molecule has 1 aromatic rings. The van der Waals surface area contributed by atoms with Gasteiger partial charge in [-0.25, -0.2) is 0 Å². The van der Waals surface area contributed by atoms with E-state index in [0.717, 1.165) is 0 Å². The highest BCUT2D eigenvalue weighted by molar-refractivity contribution is 5.93. The Kier molecular flexibility index (Phi) is 5.72. The summed E-state index contributed by atoms with van der Waals surface area (Å²) in [7, 11) is 0. The van der Waals surface area contributed by atoms with Gasteiger partial charge >= 0.3 is 11.9 Å². The van der Waals surface area contributed by atoms with Gasteiger partial charge in [0.2, 0.25) is 5.91 Å². The zero-order valence-electron chi connectivity index (χ0n) is 11.3. The van der Waals surface area contributed by atoms with Crippen molar-refractivity contribution in [3.05, 3.63) is 30.3 Å². The highest BCUT2D eigenvalue weighted by Crippen LogP contribution is 2.48. The van der Waals surface area contributed by atoms with Crippen molar-refractivity contribution in [3.63, 3.8) is 0 Å². The van der Waals surface area contributed by atoms with Crippen LogP contribution in [-0.4, -0.2) is 34.1 Å². The van der Waals surface area contributed by atoms with Crippen molar-refractivity contribution in [2.24, 2.45) is 23.5 Å². The van der Waals surface area contributed by atoms with E-state index in [1.54, 1.807) is 30.3 Å². The van der Waals surface area contributed by atoms with Crippen LogP contribution in [0.4, 0.5) is 5.69 Å². The SMILES string of the molecule is Cl.N[C@H](C(=O)O)[C@@H]1[C@@H](C(=O)O)[C@@H]1C(=O)NNc1ccccc1. The molecule has 6 N–H and O–H groups in total. The van der Waals surface area contributed by atoms with Gasteiger partial charge in [0.15, 0.2) is 0 Å². The third kappa shape index (κ3) is 3.66. The Balaban J connectivity index is 0.00000242. The van der Waals surface area contributed by atoms with E-state index >= 15 is 0 Å². The predicted octanol–water partition coefficient (Wildman–Crippen LogP) is -0.0898. The number of carboxylic acids is 2. The molecule has 1 amide bonds. The number of anilines is 1. The highest BCUT2D eigenvalue weighted by Gasteiger charge is 2.63. The first-order chi connectivity index (χ1) is 9.93. The molecule has 0 saturated heterocycles. The zero-order chi connectivity index (χ0) is 15.6. The molecule has 0 aromatic heterocycles. The first-order valence-electron chi connectivity index (χ1n) is 6.25. The smallest absolute Gasteiger partial charge is 0.320 e. The number of benzene rings is 1. The first kappa shape index (κ1) is 17.7. The van der Waals surface area contributed by atoms with E-state index in [2.05, 4.69) is 10.9 Å². The maximum Gasteiger partial charge on any atom is 0.320 e. The van der Waals surface area contributed by atoms with Crippen molar-refractivity contribution in [1.82, 2.24) is 5.43 Å². The topological polar surface area (TPSA) is 142 Å². The zero-order valence-corrected chi connectivity index (χ0v) is 12.1. The number of hydrogen-bond acceptors (Lipinski definition) is 5. The van der Waals surface area contributed by atoms with Crippen LogP contribution in [0.1, 0.15) is 0 Å². The summed E-state index contributed by atoms with van der Waals surface area (Å²) in [6.07, 6.45) is 0. The van der Waals surface area contributed by atoms with Gasteiger partial charge in [-0.05, 0) is 12.1 Å². The van der Waals surface area contributed by atoms with Gasteiger partial charge in [0, 0.05) is 5.92 Å². The molecule has 22 heavy (non-hydrogen) atoms. The number of hydrazine groups is 1. The fraction of sp³-hybridized carbons (Fsp3) is 0.308. The minimum Gasteiger partial charge on any atom is -0.481 e. The average Bonchev–Trinajstić information content (AvgIpc) is 3.20. The fourth-order valence-electron chi connectivity index (χ4n) is 2.34. The van der Waals surface area contributed by atoms with E-state index in [1.807, 2.05) is 0 Å². The van der Waals surface area contributed by atoms with E-state index in [0.29, 0.717) is 5.69 Å². The molecule has 1 aromatic carbocycles. The molecule has 2 rings (SSSR count). The standard InChI is InChI=1S/C13H15N3O5.ClH/c14-10(13(20)21)7-8(9(7)12(18)19)11(17)16-15-6-4-2-1-3-5-6;/h1-5,7-10,15H,14H2,(H,16,17)(H,18,19)(H,20,21);1H/t7-,8+,9+,10-;/m0./s1. The maximum absolute atomic E-state index is 11.9. The second kappa shape index (κ2) is 7.10. The number of carbonyl (C=O) groups is 3. The van der Waals surface area contributed by atoms with Gasteiger partial charge in [-0.2, -0.15) is 0 Å². The van der Waals surface area contributed by atoms with E-state index in [9.17, 15) is 14.4 Å². The van der Waals surface area contributed by atoms with Crippen LogP contribution in [0.5, 0.6) is 0 Å². The highest BCUT2D eigenvalue weighted by atomic mass is 35.5. The lowest BCUT2D eigenvalue weighted by molar-refractivity contribution is -0.141. The van der Waals surface area contributed by atoms with Crippen LogP contribution in [0.2, 0.25) is 0 Å². The quantitative estimate of drug-likeness (QED) is 0.459. The lowest BCUT2D eigenvalue weighted by atomic mass is 10.1. The van der Waals surface area contributed by atoms with Crippen molar-refractivity contribution in [3.8, 4) is 0 Å². The number of amides is 1. The molecule has 1 aliphatic rings. The summed E-state index contributed by atoms with van der Waals surface area (Å²) >= 11 is 0. The van der Waals surface area contributed by atoms with Crippen LogP contribution < -0.4 is 16.6 Å². The molecular weight excluding hydrogens is 314 g/mol. The fourth-order valence-corrected chi connectivity index (χ4v) is 2.34. The lowest BCUT2D eigenvalue weighted by Crippen LogP contribution is -2.36. The molecule has 4 atom stereocenters. The summed E-state index contributed by atoms with van der Waals surface area (Å²) in [5.41, 5.74) is 11.0. The molecule has 0 heterocycles. The number of nitrogens with one attached hydrogen (secondary N) is 2. The minimum atomic E-state index is -1.38. The normalized spacial score (nSPS) is 23.6. The monoisotopic (exact) mass is 329 g/mol. The molecular formula is C13H16ClN3O5. The van der Waals surface area contributed by atoms with Crippen LogP contribution >= 0.6 is 12.4 Å². The molecule has 0 aliphatic heterocycles. The molecule has 9 heteroatoms. The number of hydrogen-bond donors (Lipinski definition) is 5. The summed E-state index contributed by atoms with van der Waals surface area (Å²) in [5.74, 6) is -6.07. The molecule has 0 bridgehead atoms. The number of halogens is 1. The van der Waals surface area contributed by atoms with Gasteiger partial charge in [0.05, 0.1) is 17.5 Å². The third-order valence-corrected chi connectivity index (χ3v) is 3.47. The van der Waals surface area contributed by atoms with E-state index in [4.69, 9.17) is 15.9 Å². The molecule has 8 nitrogen and oxygen atoms in total. The Bertz CT molecular complexity index is 568. The van der Waals surface area contributed by atoms with Gasteiger partial charge in [-0.15, -0.1) is 12.4 Å². The number of para-hydroxylation sites is 1. The molecule has 120 valence electrons. The molecule has 1 aliphatic carbocycles. The van der Waals surface area contributed by atoms with E-state index in [-0.39, 0.29) is 12.4 Å². The van der Waals surface area contributed by atoms with Gasteiger partial charge in [0.25, 0.3) is 0 Å². The maximum atomic E-state index is 11.9. The van der Waals surface area contributed by atoms with Crippen LogP contribution in [0.15, 0.2) is 30.3 Å². The molecule has 0 unspecified atom stereocenters. The molecule has 0 spiro atoms. The predicted molar refractivity (Wildman–Crippen MR) is 79.2 cm³/mol. The Morgan fingerprint density at radius 1 is 1.09 bits per heavy atom. The third-order valence-electron chi connectivity index (χ3n) is 3.47. The van der Waals surface area contributed by atoms with Crippen LogP contribution in [0, 0.1) is 17.8 Å². The molecule has 0 radical (unpaired) electrons. The Morgan fingerprint density at radius 2 is 1.68 bits per heavy atom. The van der Waals surface area contributed by atoms with Gasteiger partial charge in [-0.3, -0.25) is 25.2 Å². The van der Waals surface area contributed by atoms with Crippen LogP contribution in [-0.2, 0) is 14.4 Å². The number of aliphatic carboxylic acids is 2. The van der Waals surface area contributed by atoms with Gasteiger partial charge < -0.3 is 15.9 Å². The summed E-state index contributed by atoms with van der Waals surface area (Å²) in [4.78, 5) is 33.8. The number of nitrogens with two attached hydrogens (primary N) is 1. The summed E-state index contributed by atoms with van der Waals surface area (Å²) in [5, 5.41) is 17.8. The molecule has 1 saturated carbocycles. The number of rotatable bonds is 6. The van der Waals surface area contributed by atoms with E-state index < -0.39 is 41.6 Å². The van der Waals surface area contributed by atoms with Crippen LogP contribution in [0.25, 0.3) is 0 Å².